The Morgan fingerprint density at radius 2 is 2.03 bits per heavy atom. The average Bonchev–Trinajstić information content (AvgIpc) is 3.65. The Balaban J connectivity index is 1.41. The summed E-state index contributed by atoms with van der Waals surface area (Å²) < 4.78 is 45.9. The molecule has 1 N–H and O–H groups in total. The molecule has 1 spiro atoms. The van der Waals surface area contributed by atoms with Gasteiger partial charge in [-0.15, -0.1) is 0 Å². The normalized spacial score (nSPS) is 23.4. The van der Waals surface area contributed by atoms with E-state index >= 15 is 0 Å². The monoisotopic (exact) mass is 592 g/mol. The second kappa shape index (κ2) is 9.98. The van der Waals surface area contributed by atoms with Crippen LogP contribution in [-0.2, 0) is 26.9 Å². The first-order valence-corrected chi connectivity index (χ1v) is 13.5. The third-order valence-electron chi connectivity index (χ3n) is 7.34. The van der Waals surface area contributed by atoms with Crippen LogP contribution >= 0.6 is 15.9 Å². The number of nitrogens with zero attached hydrogens (tertiary/aromatic N) is 3. The molecule has 1 aliphatic carbocycles. The number of carbonyl (C=O) groups is 2. The first-order chi connectivity index (χ1) is 18.0. The number of hydrogen-bond acceptors (Lipinski definition) is 6. The van der Waals surface area contributed by atoms with Gasteiger partial charge in [0.25, 0.3) is 5.91 Å². The van der Waals surface area contributed by atoms with E-state index in [-0.39, 0.29) is 30.3 Å². The van der Waals surface area contributed by atoms with Gasteiger partial charge in [0.2, 0.25) is 0 Å². The topological polar surface area (TPSA) is 83.9 Å². The number of aromatic nitrogens is 1. The number of pyridine rings is 1. The zero-order valence-corrected chi connectivity index (χ0v) is 22.7. The molecule has 1 amide bonds. The molecule has 5 rings (SSSR count). The van der Waals surface area contributed by atoms with Crippen molar-refractivity contribution in [1.29, 1.82) is 0 Å². The van der Waals surface area contributed by atoms with E-state index in [1.54, 1.807) is 6.92 Å². The number of esters is 1. The molecule has 0 bridgehead atoms. The Hall–Kier alpha value is -2.95. The quantitative estimate of drug-likeness (QED) is 0.469. The van der Waals surface area contributed by atoms with E-state index in [1.165, 1.54) is 6.07 Å². The molecule has 1 aromatic carbocycles. The van der Waals surface area contributed by atoms with Gasteiger partial charge in [0.05, 0.1) is 18.7 Å². The third-order valence-corrected chi connectivity index (χ3v) is 7.84. The Morgan fingerprint density at radius 3 is 2.68 bits per heavy atom. The molecule has 2 atom stereocenters. The van der Waals surface area contributed by atoms with Crippen LogP contribution in [0.25, 0.3) is 0 Å². The number of ether oxygens (including phenoxy) is 1. The summed E-state index contributed by atoms with van der Waals surface area (Å²) in [5, 5.41) is 2.85. The van der Waals surface area contributed by atoms with Gasteiger partial charge in [0, 0.05) is 40.6 Å². The maximum absolute atomic E-state index is 13.3. The van der Waals surface area contributed by atoms with Gasteiger partial charge in [0.1, 0.15) is 17.1 Å². The number of amidine groups is 1. The SMILES string of the molecule is CCOC(=O)Cc1ccc(Br)cc1N1CC[C@]2(C[C@@H]1C)N=C(c1ccc(C(F)(F)F)nc1C1CC1)NC2=O. The molecule has 202 valence electrons. The predicted molar refractivity (Wildman–Crippen MR) is 139 cm³/mol. The zero-order chi connectivity index (χ0) is 27.2. The summed E-state index contributed by atoms with van der Waals surface area (Å²) in [6, 6.07) is 7.96. The lowest BCUT2D eigenvalue weighted by atomic mass is 9.83. The van der Waals surface area contributed by atoms with E-state index in [0.717, 1.165) is 34.6 Å². The molecule has 11 heteroatoms. The number of rotatable bonds is 6. The van der Waals surface area contributed by atoms with Crippen molar-refractivity contribution < 1.29 is 27.5 Å². The number of piperidine rings is 1. The first kappa shape index (κ1) is 26.6. The largest absolute Gasteiger partial charge is 0.466 e. The number of anilines is 1. The third kappa shape index (κ3) is 5.17. The lowest BCUT2D eigenvalue weighted by molar-refractivity contribution is -0.142. The van der Waals surface area contributed by atoms with E-state index in [1.807, 2.05) is 25.1 Å². The van der Waals surface area contributed by atoms with Gasteiger partial charge < -0.3 is 15.0 Å². The molecule has 0 radical (unpaired) electrons. The van der Waals surface area contributed by atoms with Crippen molar-refractivity contribution in [2.45, 2.75) is 69.6 Å². The van der Waals surface area contributed by atoms with Gasteiger partial charge >= 0.3 is 12.1 Å². The Morgan fingerprint density at radius 1 is 1.26 bits per heavy atom. The molecule has 38 heavy (non-hydrogen) atoms. The fourth-order valence-corrected chi connectivity index (χ4v) is 5.71. The number of amides is 1. The minimum atomic E-state index is -4.54. The van der Waals surface area contributed by atoms with Crippen LogP contribution in [0.15, 0.2) is 39.8 Å². The van der Waals surface area contributed by atoms with Crippen LogP contribution in [0.1, 0.15) is 68.0 Å². The van der Waals surface area contributed by atoms with Crippen molar-refractivity contribution in [3.8, 4) is 0 Å². The molecule has 1 aromatic heterocycles. The van der Waals surface area contributed by atoms with Crippen LogP contribution in [0.2, 0.25) is 0 Å². The highest BCUT2D eigenvalue weighted by Crippen LogP contribution is 2.43. The van der Waals surface area contributed by atoms with Gasteiger partial charge in [-0.05, 0) is 62.9 Å². The Labute approximate surface area is 227 Å². The number of hydrogen-bond donors (Lipinski definition) is 1. The van der Waals surface area contributed by atoms with E-state index < -0.39 is 17.4 Å². The standard InChI is InChI=1S/C27H28BrF3N4O3/c1-3-38-22(36)12-17-6-7-18(28)13-20(17)35-11-10-26(14-15(35)2)25(37)33-24(34-26)19-8-9-21(27(29,30)31)32-23(19)16-4-5-16/h6-9,13,15-16H,3-5,10-12,14H2,1-2H3,(H,33,34,37)/t15-,26+/m0/s1. The highest BCUT2D eigenvalue weighted by atomic mass is 79.9. The molecule has 2 fully saturated rings. The fourth-order valence-electron chi connectivity index (χ4n) is 5.36. The predicted octanol–water partition coefficient (Wildman–Crippen LogP) is 5.15. The summed E-state index contributed by atoms with van der Waals surface area (Å²) in [5.74, 6) is -0.317. The number of benzene rings is 1. The molecule has 2 aliphatic heterocycles. The molecule has 1 saturated carbocycles. The number of carbonyl (C=O) groups excluding carboxylic acids is 2. The van der Waals surface area contributed by atoms with Crippen molar-refractivity contribution in [3.05, 3.63) is 57.3 Å². The van der Waals surface area contributed by atoms with Crippen molar-refractivity contribution in [2.75, 3.05) is 18.1 Å². The van der Waals surface area contributed by atoms with Crippen LogP contribution in [0, 0.1) is 0 Å². The summed E-state index contributed by atoms with van der Waals surface area (Å²) in [7, 11) is 0. The van der Waals surface area contributed by atoms with E-state index in [9.17, 15) is 22.8 Å². The minimum Gasteiger partial charge on any atom is -0.466 e. The zero-order valence-electron chi connectivity index (χ0n) is 21.1. The number of alkyl halides is 3. The first-order valence-electron chi connectivity index (χ1n) is 12.7. The van der Waals surface area contributed by atoms with E-state index in [4.69, 9.17) is 9.73 Å². The molecular formula is C27H28BrF3N4O3. The van der Waals surface area contributed by atoms with Crippen molar-refractivity contribution in [3.63, 3.8) is 0 Å². The smallest absolute Gasteiger partial charge is 0.433 e. The lowest BCUT2D eigenvalue weighted by Crippen LogP contribution is -2.53. The van der Waals surface area contributed by atoms with Crippen LogP contribution in [0.4, 0.5) is 18.9 Å². The molecule has 0 unspecified atom stereocenters. The molecule has 2 aromatic rings. The molecule has 3 heterocycles. The second-order valence-corrected chi connectivity index (χ2v) is 11.0. The summed E-state index contributed by atoms with van der Waals surface area (Å²) in [6.45, 7) is 4.59. The molecule has 3 aliphatic rings. The summed E-state index contributed by atoms with van der Waals surface area (Å²) in [5.41, 5.74) is 0.586. The van der Waals surface area contributed by atoms with Crippen molar-refractivity contribution in [1.82, 2.24) is 10.3 Å². The Kier molecular flexibility index (Phi) is 7.00. The highest BCUT2D eigenvalue weighted by Gasteiger charge is 2.49. The second-order valence-electron chi connectivity index (χ2n) is 10.1. The average molecular weight is 593 g/mol. The van der Waals surface area contributed by atoms with Gasteiger partial charge in [-0.3, -0.25) is 14.6 Å². The maximum Gasteiger partial charge on any atom is 0.433 e. The van der Waals surface area contributed by atoms with Gasteiger partial charge in [-0.2, -0.15) is 13.2 Å². The summed E-state index contributed by atoms with van der Waals surface area (Å²) >= 11 is 3.52. The number of aliphatic imine (C=N–C) groups is 1. The molecule has 7 nitrogen and oxygen atoms in total. The van der Waals surface area contributed by atoms with E-state index in [0.29, 0.717) is 43.1 Å². The molecular weight excluding hydrogens is 565 g/mol. The summed E-state index contributed by atoms with van der Waals surface area (Å²) in [4.78, 5) is 36.4. The lowest BCUT2D eigenvalue weighted by Gasteiger charge is -2.42. The van der Waals surface area contributed by atoms with Gasteiger partial charge in [-0.1, -0.05) is 22.0 Å². The molecule has 1 saturated heterocycles. The van der Waals surface area contributed by atoms with Crippen molar-refractivity contribution in [2.24, 2.45) is 4.99 Å². The maximum atomic E-state index is 13.3. The van der Waals surface area contributed by atoms with E-state index in [2.05, 4.69) is 31.1 Å². The van der Waals surface area contributed by atoms with Gasteiger partial charge in [-0.25, -0.2) is 4.98 Å². The van der Waals surface area contributed by atoms with Crippen LogP contribution in [-0.4, -0.2) is 47.4 Å². The van der Waals surface area contributed by atoms with Crippen LogP contribution < -0.4 is 10.2 Å². The Bertz CT molecular complexity index is 1310. The highest BCUT2D eigenvalue weighted by molar-refractivity contribution is 9.10. The summed E-state index contributed by atoms with van der Waals surface area (Å²) in [6.07, 6.45) is -2.03. The number of halogens is 4. The van der Waals surface area contributed by atoms with Gasteiger partial charge in [0.15, 0.2) is 0 Å². The fraction of sp³-hybridized carbons (Fsp3) is 0.481. The van der Waals surface area contributed by atoms with Crippen molar-refractivity contribution >= 4 is 39.3 Å². The van der Waals surface area contributed by atoms with Crippen LogP contribution in [0.5, 0.6) is 0 Å². The number of nitrogens with one attached hydrogen (secondary N) is 1. The minimum absolute atomic E-state index is 0.0569. The van der Waals surface area contributed by atoms with Crippen LogP contribution in [0.3, 0.4) is 0 Å².